The Hall–Kier alpha value is -2.24. The van der Waals surface area contributed by atoms with E-state index in [0.717, 1.165) is 0 Å². The number of benzene rings is 2. The molecule has 2 aromatic rings. The molecular weight excluding hydrogens is 460 g/mol. The van der Waals surface area contributed by atoms with Crippen LogP contribution >= 0.6 is 0 Å². The van der Waals surface area contributed by atoms with Gasteiger partial charge in [0.1, 0.15) is 18.0 Å². The van der Waals surface area contributed by atoms with E-state index in [0.29, 0.717) is 16.0 Å². The maximum absolute atomic E-state index is 13.2. The van der Waals surface area contributed by atoms with E-state index < -0.39 is 36.9 Å². The third-order valence-electron chi connectivity index (χ3n) is 5.20. The minimum Gasteiger partial charge on any atom is -0.457 e. The topological polar surface area (TPSA) is 94.2 Å². The summed E-state index contributed by atoms with van der Waals surface area (Å²) in [4.78, 5) is 18.0. The van der Waals surface area contributed by atoms with Crippen molar-refractivity contribution < 1.29 is 27.3 Å². The van der Waals surface area contributed by atoms with Gasteiger partial charge in [0.15, 0.2) is 0 Å². The Morgan fingerprint density at radius 2 is 1.55 bits per heavy atom. The molecule has 10 heteroatoms. The third kappa shape index (κ3) is 7.65. The van der Waals surface area contributed by atoms with Crippen molar-refractivity contribution >= 4 is 24.2 Å². The van der Waals surface area contributed by atoms with E-state index in [-0.39, 0.29) is 9.93 Å². The van der Waals surface area contributed by atoms with E-state index in [1.165, 1.54) is 12.1 Å². The van der Waals surface area contributed by atoms with Crippen molar-refractivity contribution in [2.75, 3.05) is 6.54 Å². The number of hydroxylamine groups is 2. The van der Waals surface area contributed by atoms with Crippen LogP contribution in [-0.2, 0) is 24.2 Å². The number of carbonyl (C=O) groups is 1. The zero-order valence-electron chi connectivity index (χ0n) is 20.3. The monoisotopic (exact) mass is 494 g/mol. The number of hydrogen-bond donors (Lipinski definition) is 1. The fourth-order valence-corrected chi connectivity index (χ4v) is 4.29. The molecule has 2 rings (SSSR count). The van der Waals surface area contributed by atoms with E-state index >= 15 is 0 Å². The van der Waals surface area contributed by atoms with Crippen molar-refractivity contribution in [3.05, 3.63) is 54.6 Å². The number of nitrogens with zero attached hydrogens (tertiary/aromatic N) is 1. The Morgan fingerprint density at radius 3 is 2.06 bits per heavy atom. The highest BCUT2D eigenvalue weighted by Crippen LogP contribution is 2.35. The highest BCUT2D eigenvalue weighted by Gasteiger charge is 2.39. The summed E-state index contributed by atoms with van der Waals surface area (Å²) in [6, 6.07) is 15.1. The van der Waals surface area contributed by atoms with Gasteiger partial charge < -0.3 is 9.26 Å². The smallest absolute Gasteiger partial charge is 0.265 e. The highest BCUT2D eigenvalue weighted by molar-refractivity contribution is 7.89. The summed E-state index contributed by atoms with van der Waals surface area (Å²) in [5, 5.41) is -0.121. The van der Waals surface area contributed by atoms with Gasteiger partial charge in [-0.05, 0) is 68.4 Å². The minimum absolute atomic E-state index is 0.0262. The summed E-state index contributed by atoms with van der Waals surface area (Å²) in [5.41, 5.74) is 2.41. The van der Waals surface area contributed by atoms with Crippen LogP contribution in [0.1, 0.15) is 34.6 Å². The summed E-state index contributed by atoms with van der Waals surface area (Å²) in [6.07, 6.45) is -0.463. The molecule has 0 aliphatic rings. The zero-order valence-corrected chi connectivity index (χ0v) is 22.1. The molecule has 0 saturated heterocycles. The Morgan fingerprint density at radius 1 is 1.00 bits per heavy atom. The van der Waals surface area contributed by atoms with Crippen LogP contribution in [0.4, 0.5) is 0 Å². The van der Waals surface area contributed by atoms with Crippen molar-refractivity contribution in [2.45, 2.75) is 63.8 Å². The zero-order chi connectivity index (χ0) is 24.9. The fourth-order valence-electron chi connectivity index (χ4n) is 2.32. The molecular formula is C23H34N2O6SSi. The lowest BCUT2D eigenvalue weighted by molar-refractivity contribution is -0.148. The number of ether oxygens (including phenoxy) is 1. The van der Waals surface area contributed by atoms with Gasteiger partial charge in [-0.25, -0.2) is 13.9 Å². The number of para-hydroxylation sites is 1. The summed E-state index contributed by atoms with van der Waals surface area (Å²) < 4.78 is 38.5. The molecule has 0 fully saturated rings. The van der Waals surface area contributed by atoms with Crippen molar-refractivity contribution in [1.82, 2.24) is 9.95 Å². The Bertz CT molecular complexity index is 1020. The van der Waals surface area contributed by atoms with Gasteiger partial charge in [-0.3, -0.25) is 9.63 Å². The minimum atomic E-state index is -4.11. The predicted octanol–water partition coefficient (Wildman–Crippen LogP) is 4.86. The van der Waals surface area contributed by atoms with Gasteiger partial charge in [-0.15, -0.1) is 0 Å². The molecule has 0 saturated carbocycles. The molecule has 1 N–H and O–H groups in total. The number of hydrogen-bond acceptors (Lipinski definition) is 6. The number of sulfonamides is 1. The Kier molecular flexibility index (Phi) is 8.83. The summed E-state index contributed by atoms with van der Waals surface area (Å²) in [5.74, 6) is 0.501. The first-order valence-corrected chi connectivity index (χ1v) is 15.1. The molecule has 0 bridgehead atoms. The molecule has 2 aromatic carbocycles. The summed E-state index contributed by atoms with van der Waals surface area (Å²) in [7, 11) is -6.37. The lowest BCUT2D eigenvalue weighted by Crippen LogP contribution is -2.49. The molecule has 0 radical (unpaired) electrons. The average molecular weight is 495 g/mol. The maximum Gasteiger partial charge on any atom is 0.265 e. The second-order valence-corrected chi connectivity index (χ2v) is 15.9. The van der Waals surface area contributed by atoms with Crippen molar-refractivity contribution in [3.63, 3.8) is 0 Å². The lowest BCUT2D eigenvalue weighted by atomic mass is 10.2. The molecule has 0 heterocycles. The fraction of sp³-hybridized carbons (Fsp3) is 0.435. The molecule has 0 aromatic heterocycles. The quantitative estimate of drug-likeness (QED) is 0.374. The summed E-state index contributed by atoms with van der Waals surface area (Å²) in [6.45, 7) is 12.9. The average Bonchev–Trinajstić information content (AvgIpc) is 2.72. The molecule has 8 nitrogen and oxygen atoms in total. The first kappa shape index (κ1) is 27.0. The maximum atomic E-state index is 13.2. The van der Waals surface area contributed by atoms with Crippen molar-refractivity contribution in [2.24, 2.45) is 0 Å². The van der Waals surface area contributed by atoms with Crippen LogP contribution in [0.2, 0.25) is 18.1 Å². The van der Waals surface area contributed by atoms with Crippen LogP contribution in [0.3, 0.4) is 0 Å². The van der Waals surface area contributed by atoms with Gasteiger partial charge in [-0.2, -0.15) is 0 Å². The predicted molar refractivity (Wildman–Crippen MR) is 129 cm³/mol. The van der Waals surface area contributed by atoms with Gasteiger partial charge in [0.2, 0.25) is 8.32 Å². The molecule has 0 aliphatic carbocycles. The van der Waals surface area contributed by atoms with Crippen molar-refractivity contribution in [1.29, 1.82) is 0 Å². The molecule has 182 valence electrons. The van der Waals surface area contributed by atoms with Crippen LogP contribution < -0.4 is 10.2 Å². The first-order chi connectivity index (χ1) is 15.2. The van der Waals surface area contributed by atoms with Gasteiger partial charge in [-0.1, -0.05) is 43.4 Å². The number of amides is 1. The van der Waals surface area contributed by atoms with Gasteiger partial charge in [0, 0.05) is 0 Å². The van der Waals surface area contributed by atoms with E-state index in [2.05, 4.69) is 5.48 Å². The van der Waals surface area contributed by atoms with E-state index in [1.54, 1.807) is 38.1 Å². The van der Waals surface area contributed by atoms with E-state index in [1.807, 2.05) is 52.1 Å². The lowest BCUT2D eigenvalue weighted by Gasteiger charge is -2.35. The van der Waals surface area contributed by atoms with Crippen LogP contribution in [0.25, 0.3) is 0 Å². The van der Waals surface area contributed by atoms with Crippen LogP contribution in [0, 0.1) is 0 Å². The first-order valence-electron chi connectivity index (χ1n) is 10.7. The number of nitrogens with one attached hydrogen (secondary N) is 1. The Labute approximate surface area is 197 Å². The van der Waals surface area contributed by atoms with E-state index in [9.17, 15) is 13.2 Å². The number of rotatable bonds is 10. The van der Waals surface area contributed by atoms with Gasteiger partial charge in [0.25, 0.3) is 15.9 Å². The molecule has 0 spiro atoms. The largest absolute Gasteiger partial charge is 0.457 e. The molecule has 33 heavy (non-hydrogen) atoms. The van der Waals surface area contributed by atoms with Gasteiger partial charge in [0.05, 0.1) is 11.0 Å². The van der Waals surface area contributed by atoms with Crippen LogP contribution in [-0.4, -0.2) is 39.8 Å². The molecule has 1 amide bonds. The van der Waals surface area contributed by atoms with Crippen LogP contribution in [0.5, 0.6) is 11.5 Å². The van der Waals surface area contributed by atoms with Crippen LogP contribution in [0.15, 0.2) is 59.5 Å². The molecule has 0 aliphatic heterocycles. The van der Waals surface area contributed by atoms with E-state index in [4.69, 9.17) is 14.1 Å². The highest BCUT2D eigenvalue weighted by atomic mass is 32.2. The second-order valence-electron chi connectivity index (χ2n) is 9.39. The SMILES string of the molecule is CC(C)ON(CC(=O)NO[Si](C)(C)C(C)(C)C)S(=O)(=O)c1ccc(Oc2ccccc2)cc1. The van der Waals surface area contributed by atoms with Crippen molar-refractivity contribution in [3.8, 4) is 11.5 Å². The third-order valence-corrected chi connectivity index (χ3v) is 11.0. The second kappa shape index (κ2) is 10.8. The van der Waals surface area contributed by atoms with Gasteiger partial charge >= 0.3 is 0 Å². The normalized spacial score (nSPS) is 12.8. The molecule has 0 atom stereocenters. The number of carbonyl (C=O) groups excluding carboxylic acids is 1. The Balaban J connectivity index is 2.14. The summed E-state index contributed by atoms with van der Waals surface area (Å²) >= 11 is 0. The standard InChI is InChI=1S/C23H34N2O6SSi/c1-18(2)30-25(17-22(26)24-31-33(6,7)23(3,4)5)32(27,28)21-15-13-20(14-16-21)29-19-11-9-8-10-12-19/h8-16,18H,17H2,1-7H3,(H,24,26). The molecule has 0 unspecified atom stereocenters.